The molecule has 0 amide bonds. The molecule has 1 fully saturated rings. The molecule has 0 saturated carbocycles. The Morgan fingerprint density at radius 2 is 1.73 bits per heavy atom. The molecule has 0 atom stereocenters. The van der Waals surface area contributed by atoms with Gasteiger partial charge in [0.15, 0.2) is 5.84 Å². The molecule has 30 heavy (non-hydrogen) atoms. The number of rotatable bonds is 5. The number of piperazine rings is 1. The van der Waals surface area contributed by atoms with Crippen LogP contribution in [-0.2, 0) is 14.8 Å². The van der Waals surface area contributed by atoms with Crippen molar-refractivity contribution >= 4 is 21.8 Å². The molecule has 2 aromatic carbocycles. The van der Waals surface area contributed by atoms with Crippen molar-refractivity contribution in [2.45, 2.75) is 4.90 Å². The third-order valence-electron chi connectivity index (χ3n) is 5.25. The summed E-state index contributed by atoms with van der Waals surface area (Å²) in [4.78, 5) is 16.7. The van der Waals surface area contributed by atoms with E-state index in [4.69, 9.17) is 9.47 Å². The molecule has 0 aliphatic carbocycles. The van der Waals surface area contributed by atoms with E-state index in [2.05, 4.69) is 9.30 Å². The standard InChI is InChI=1S/C21H23N3O5S/c1-28-18-8-4-2-6-16(18)21(25)29-15-14-23-10-12-24(13-11-23)20-17-7-3-5-9-19(17)30(26,27)22-20/h2-9H,10-15H2,1H3. The van der Waals surface area contributed by atoms with Gasteiger partial charge in [0, 0.05) is 38.3 Å². The zero-order chi connectivity index (χ0) is 21.1. The van der Waals surface area contributed by atoms with E-state index in [9.17, 15) is 13.2 Å². The lowest BCUT2D eigenvalue weighted by atomic mass is 10.1. The average Bonchev–Trinajstić information content (AvgIpc) is 3.05. The van der Waals surface area contributed by atoms with E-state index in [-0.39, 0.29) is 11.5 Å². The molecule has 0 radical (unpaired) electrons. The van der Waals surface area contributed by atoms with Crippen molar-refractivity contribution in [2.24, 2.45) is 4.40 Å². The van der Waals surface area contributed by atoms with Crippen molar-refractivity contribution in [3.63, 3.8) is 0 Å². The third kappa shape index (κ3) is 4.03. The van der Waals surface area contributed by atoms with Crippen LogP contribution in [0.5, 0.6) is 5.75 Å². The molecule has 2 aliphatic heterocycles. The SMILES string of the molecule is COc1ccccc1C(=O)OCCN1CCN(C2=NS(=O)(=O)c3ccccc32)CC1. The molecular weight excluding hydrogens is 406 g/mol. The van der Waals surface area contributed by atoms with Gasteiger partial charge in [-0.1, -0.05) is 24.3 Å². The minimum absolute atomic E-state index is 0.269. The van der Waals surface area contributed by atoms with Crippen molar-refractivity contribution in [2.75, 3.05) is 46.4 Å². The number of methoxy groups -OCH3 is 1. The van der Waals surface area contributed by atoms with Crippen LogP contribution in [0.1, 0.15) is 15.9 Å². The minimum atomic E-state index is -3.61. The van der Waals surface area contributed by atoms with Crippen LogP contribution < -0.4 is 4.74 Å². The maximum Gasteiger partial charge on any atom is 0.341 e. The smallest absolute Gasteiger partial charge is 0.341 e. The molecule has 0 unspecified atom stereocenters. The zero-order valence-corrected chi connectivity index (χ0v) is 17.5. The van der Waals surface area contributed by atoms with E-state index in [1.165, 1.54) is 7.11 Å². The summed E-state index contributed by atoms with van der Waals surface area (Å²) >= 11 is 0. The summed E-state index contributed by atoms with van der Waals surface area (Å²) in [5.74, 6) is 0.602. The summed E-state index contributed by atoms with van der Waals surface area (Å²) < 4.78 is 39.1. The molecule has 4 rings (SSSR count). The lowest BCUT2D eigenvalue weighted by Crippen LogP contribution is -2.49. The highest BCUT2D eigenvalue weighted by Crippen LogP contribution is 2.27. The van der Waals surface area contributed by atoms with E-state index in [0.29, 0.717) is 42.3 Å². The number of hydrogen-bond donors (Lipinski definition) is 0. The summed E-state index contributed by atoms with van der Waals surface area (Å²) in [7, 11) is -2.09. The Morgan fingerprint density at radius 1 is 1.03 bits per heavy atom. The van der Waals surface area contributed by atoms with E-state index in [0.717, 1.165) is 13.1 Å². The zero-order valence-electron chi connectivity index (χ0n) is 16.7. The van der Waals surface area contributed by atoms with Gasteiger partial charge in [0.25, 0.3) is 10.0 Å². The molecule has 0 bridgehead atoms. The maximum atomic E-state index is 12.3. The van der Waals surface area contributed by atoms with Crippen LogP contribution in [0.3, 0.4) is 0 Å². The number of benzene rings is 2. The molecule has 1 saturated heterocycles. The predicted molar refractivity (Wildman–Crippen MR) is 111 cm³/mol. The second-order valence-electron chi connectivity index (χ2n) is 7.05. The number of sulfonamides is 1. The summed E-state index contributed by atoms with van der Waals surface area (Å²) in [6, 6.07) is 13.9. The average molecular weight is 429 g/mol. The fourth-order valence-electron chi connectivity index (χ4n) is 3.66. The number of carbonyl (C=O) groups is 1. The molecule has 2 aliphatic rings. The number of fused-ring (bicyclic) bond motifs is 1. The predicted octanol–water partition coefficient (Wildman–Crippen LogP) is 1.62. The second kappa shape index (κ2) is 8.45. The number of esters is 1. The lowest BCUT2D eigenvalue weighted by Gasteiger charge is -2.35. The molecule has 0 aromatic heterocycles. The maximum absolute atomic E-state index is 12.3. The first-order valence-electron chi connectivity index (χ1n) is 9.71. The molecule has 158 valence electrons. The van der Waals surface area contributed by atoms with Crippen molar-refractivity contribution < 1.29 is 22.7 Å². The number of hydrogen-bond acceptors (Lipinski definition) is 7. The number of nitrogens with zero attached hydrogens (tertiary/aromatic N) is 3. The molecule has 2 aromatic rings. The summed E-state index contributed by atoms with van der Waals surface area (Å²) in [6.45, 7) is 3.65. The Labute approximate surface area is 175 Å². The Bertz CT molecular complexity index is 1080. The van der Waals surface area contributed by atoms with Crippen LogP contribution in [0.4, 0.5) is 0 Å². The highest BCUT2D eigenvalue weighted by atomic mass is 32.2. The first-order valence-corrected chi connectivity index (χ1v) is 11.2. The summed E-state index contributed by atoms with van der Waals surface area (Å²) in [5.41, 5.74) is 1.07. The van der Waals surface area contributed by atoms with Gasteiger partial charge in [-0.05, 0) is 24.3 Å². The Hall–Kier alpha value is -2.91. The van der Waals surface area contributed by atoms with Crippen molar-refractivity contribution in [1.82, 2.24) is 9.80 Å². The van der Waals surface area contributed by atoms with Crippen LogP contribution in [-0.4, -0.2) is 76.5 Å². The summed E-state index contributed by atoms with van der Waals surface area (Å²) in [5, 5.41) is 0. The van der Waals surface area contributed by atoms with Gasteiger partial charge in [-0.2, -0.15) is 8.42 Å². The monoisotopic (exact) mass is 429 g/mol. The third-order valence-corrected chi connectivity index (χ3v) is 6.58. The Morgan fingerprint density at radius 3 is 2.50 bits per heavy atom. The van der Waals surface area contributed by atoms with Crippen molar-refractivity contribution in [3.05, 3.63) is 59.7 Å². The van der Waals surface area contributed by atoms with Crippen LogP contribution in [0, 0.1) is 0 Å². The van der Waals surface area contributed by atoms with Crippen LogP contribution in [0.25, 0.3) is 0 Å². The van der Waals surface area contributed by atoms with Gasteiger partial charge in [0.1, 0.15) is 22.8 Å². The molecule has 0 spiro atoms. The molecular formula is C21H23N3O5S. The van der Waals surface area contributed by atoms with Crippen LogP contribution in [0.2, 0.25) is 0 Å². The van der Waals surface area contributed by atoms with Crippen molar-refractivity contribution in [1.29, 1.82) is 0 Å². The van der Waals surface area contributed by atoms with E-state index in [1.807, 2.05) is 11.0 Å². The topological polar surface area (TPSA) is 88.5 Å². The first-order chi connectivity index (χ1) is 14.5. The van der Waals surface area contributed by atoms with Crippen LogP contribution in [0.15, 0.2) is 57.8 Å². The molecule has 0 N–H and O–H groups in total. The van der Waals surface area contributed by atoms with Gasteiger partial charge in [-0.3, -0.25) is 4.90 Å². The van der Waals surface area contributed by atoms with Crippen LogP contribution >= 0.6 is 0 Å². The van der Waals surface area contributed by atoms with E-state index >= 15 is 0 Å². The van der Waals surface area contributed by atoms with Gasteiger partial charge < -0.3 is 14.4 Å². The van der Waals surface area contributed by atoms with E-state index < -0.39 is 16.0 Å². The van der Waals surface area contributed by atoms with Gasteiger partial charge in [0.2, 0.25) is 0 Å². The fourth-order valence-corrected chi connectivity index (χ4v) is 4.89. The normalized spacial score (nSPS) is 17.9. The number of amidine groups is 1. The molecule has 2 heterocycles. The highest BCUT2D eigenvalue weighted by Gasteiger charge is 2.32. The molecule has 8 nitrogen and oxygen atoms in total. The van der Waals surface area contributed by atoms with Gasteiger partial charge >= 0.3 is 5.97 Å². The Balaban J connectivity index is 1.29. The Kier molecular flexibility index (Phi) is 5.74. The fraction of sp³-hybridized carbons (Fsp3) is 0.333. The van der Waals surface area contributed by atoms with Gasteiger partial charge in [-0.25, -0.2) is 4.79 Å². The largest absolute Gasteiger partial charge is 0.496 e. The van der Waals surface area contributed by atoms with Gasteiger partial charge in [-0.15, -0.1) is 4.40 Å². The van der Waals surface area contributed by atoms with E-state index in [1.54, 1.807) is 42.5 Å². The molecule has 9 heteroatoms. The number of carbonyl (C=O) groups excluding carboxylic acids is 1. The minimum Gasteiger partial charge on any atom is -0.496 e. The summed E-state index contributed by atoms with van der Waals surface area (Å²) in [6.07, 6.45) is 0. The second-order valence-corrected chi connectivity index (χ2v) is 8.62. The van der Waals surface area contributed by atoms with Gasteiger partial charge in [0.05, 0.1) is 7.11 Å². The lowest BCUT2D eigenvalue weighted by molar-refractivity contribution is 0.0439. The number of ether oxygens (including phenoxy) is 2. The number of para-hydroxylation sites is 1. The first kappa shape index (κ1) is 20.4. The highest BCUT2D eigenvalue weighted by molar-refractivity contribution is 7.90. The van der Waals surface area contributed by atoms with Crippen molar-refractivity contribution in [3.8, 4) is 5.75 Å². The quantitative estimate of drug-likeness (QED) is 0.668.